The van der Waals surface area contributed by atoms with Crippen LogP contribution in [0, 0.1) is 5.92 Å². The molecule has 1 aliphatic heterocycles. The van der Waals surface area contributed by atoms with Gasteiger partial charge in [0.2, 0.25) is 0 Å². The molecule has 1 rings (SSSR count). The smallest absolute Gasteiger partial charge is 0.375 e. The van der Waals surface area contributed by atoms with Crippen molar-refractivity contribution in [2.75, 3.05) is 27.2 Å². The van der Waals surface area contributed by atoms with Gasteiger partial charge in [-0.25, -0.2) is 4.79 Å². The number of carbonyl (C=O) groups is 2. The molecule has 0 aliphatic carbocycles. The number of esters is 1. The minimum absolute atomic E-state index is 0.215. The molecule has 0 saturated carbocycles. The molecule has 1 N–H and O–H groups in total. The maximum absolute atomic E-state index is 11.0. The molecule has 1 atom stereocenters. The van der Waals surface area contributed by atoms with E-state index in [1.807, 2.05) is 14.1 Å². The topological polar surface area (TPSA) is 47.8 Å². The first-order valence-corrected chi connectivity index (χ1v) is 3.61. The highest BCUT2D eigenvalue weighted by Crippen LogP contribution is 2.07. The number of hydrogen-bond acceptors (Lipinski definition) is 3. The first-order chi connectivity index (χ1) is 5.11. The molecule has 0 amide bonds. The van der Waals surface area contributed by atoms with Crippen LogP contribution in [-0.2, 0) is 14.3 Å². The molecule has 1 heterocycles. The van der Waals surface area contributed by atoms with E-state index in [1.54, 1.807) is 0 Å². The van der Waals surface area contributed by atoms with Crippen LogP contribution in [0.2, 0.25) is 0 Å². The molecule has 0 spiro atoms. The van der Waals surface area contributed by atoms with Gasteiger partial charge in [0.15, 0.2) is 0 Å². The van der Waals surface area contributed by atoms with Crippen LogP contribution in [0.25, 0.3) is 0 Å². The standard InChI is InChI=1S/C7H11NO3/c1-8(2)3-5-4-11-7(10)6(5)9/h5H,3-4H2,1-2H3/p+1/t5-/m0/s1. The van der Waals surface area contributed by atoms with E-state index in [4.69, 9.17) is 0 Å². The fourth-order valence-electron chi connectivity index (χ4n) is 1.13. The van der Waals surface area contributed by atoms with Gasteiger partial charge in [0.05, 0.1) is 20.6 Å². The van der Waals surface area contributed by atoms with Gasteiger partial charge in [0.25, 0.3) is 5.78 Å². The van der Waals surface area contributed by atoms with E-state index in [0.29, 0.717) is 6.54 Å². The van der Waals surface area contributed by atoms with Gasteiger partial charge >= 0.3 is 5.97 Å². The van der Waals surface area contributed by atoms with Crippen molar-refractivity contribution in [1.82, 2.24) is 0 Å². The number of Topliss-reactive ketones (excluding diaryl/α,β-unsaturated/α-hetero) is 1. The van der Waals surface area contributed by atoms with E-state index < -0.39 is 5.97 Å². The predicted octanol–water partition coefficient (Wildman–Crippen LogP) is -2.13. The molecule has 62 valence electrons. The second-order valence-corrected chi connectivity index (χ2v) is 3.07. The lowest BCUT2D eigenvalue weighted by Gasteiger charge is -2.08. The lowest BCUT2D eigenvalue weighted by molar-refractivity contribution is -0.860. The first kappa shape index (κ1) is 8.20. The van der Waals surface area contributed by atoms with Gasteiger partial charge in [-0.2, -0.15) is 0 Å². The monoisotopic (exact) mass is 158 g/mol. The van der Waals surface area contributed by atoms with Gasteiger partial charge in [-0.1, -0.05) is 0 Å². The molecule has 0 aromatic carbocycles. The Morgan fingerprint density at radius 3 is 2.55 bits per heavy atom. The lowest BCUT2D eigenvalue weighted by Crippen LogP contribution is -3.06. The minimum atomic E-state index is -0.670. The quantitative estimate of drug-likeness (QED) is 0.369. The molecular formula is C7H12NO3+. The number of carbonyl (C=O) groups excluding carboxylic acids is 2. The maximum atomic E-state index is 11.0. The second-order valence-electron chi connectivity index (χ2n) is 3.07. The summed E-state index contributed by atoms with van der Waals surface area (Å²) in [6.45, 7) is 0.938. The van der Waals surface area contributed by atoms with Crippen LogP contribution >= 0.6 is 0 Å². The van der Waals surface area contributed by atoms with E-state index in [9.17, 15) is 9.59 Å². The van der Waals surface area contributed by atoms with E-state index in [0.717, 1.165) is 4.90 Å². The predicted molar refractivity (Wildman–Crippen MR) is 37.1 cm³/mol. The molecule has 1 fully saturated rings. The number of ether oxygens (including phenoxy) is 1. The van der Waals surface area contributed by atoms with Crippen molar-refractivity contribution in [3.63, 3.8) is 0 Å². The molecule has 11 heavy (non-hydrogen) atoms. The van der Waals surface area contributed by atoms with E-state index in [1.165, 1.54) is 0 Å². The Balaban J connectivity index is 2.49. The summed E-state index contributed by atoms with van der Waals surface area (Å²) in [5, 5.41) is 0. The van der Waals surface area contributed by atoms with Crippen molar-refractivity contribution < 1.29 is 19.2 Å². The van der Waals surface area contributed by atoms with Crippen molar-refractivity contribution in [3.8, 4) is 0 Å². The summed E-state index contributed by atoms with van der Waals surface area (Å²) >= 11 is 0. The van der Waals surface area contributed by atoms with Gasteiger partial charge in [-0.3, -0.25) is 4.79 Å². The Kier molecular flexibility index (Phi) is 2.24. The number of quaternary nitrogens is 1. The maximum Gasteiger partial charge on any atom is 0.375 e. The van der Waals surface area contributed by atoms with Gasteiger partial charge in [0.1, 0.15) is 12.5 Å². The fourth-order valence-corrected chi connectivity index (χ4v) is 1.13. The summed E-state index contributed by atoms with van der Waals surface area (Å²) in [6.07, 6.45) is 0. The average Bonchev–Trinajstić information content (AvgIpc) is 2.18. The molecule has 0 aromatic rings. The molecule has 0 radical (unpaired) electrons. The molecule has 4 nitrogen and oxygen atoms in total. The SMILES string of the molecule is C[NH+](C)C[C@H]1COC(=O)C1=O. The van der Waals surface area contributed by atoms with Gasteiger partial charge < -0.3 is 9.64 Å². The number of ketones is 1. The number of rotatable bonds is 2. The normalized spacial score (nSPS) is 24.5. The molecule has 4 heteroatoms. The molecule has 0 aromatic heterocycles. The summed E-state index contributed by atoms with van der Waals surface area (Å²) in [7, 11) is 3.88. The third-order valence-electron chi connectivity index (χ3n) is 1.64. The van der Waals surface area contributed by atoms with Crippen LogP contribution in [0.15, 0.2) is 0 Å². The zero-order valence-corrected chi connectivity index (χ0v) is 6.72. The molecular weight excluding hydrogens is 146 g/mol. The van der Waals surface area contributed by atoms with E-state index in [-0.39, 0.29) is 18.3 Å². The van der Waals surface area contributed by atoms with Crippen molar-refractivity contribution in [3.05, 3.63) is 0 Å². The zero-order chi connectivity index (χ0) is 8.43. The highest BCUT2D eigenvalue weighted by atomic mass is 16.5. The minimum Gasteiger partial charge on any atom is -0.459 e. The summed E-state index contributed by atoms with van der Waals surface area (Å²) in [6, 6.07) is 0. The Hall–Kier alpha value is -0.900. The summed E-state index contributed by atoms with van der Waals surface area (Å²) < 4.78 is 4.58. The van der Waals surface area contributed by atoms with Gasteiger partial charge in [-0.05, 0) is 0 Å². The third kappa shape index (κ3) is 1.77. The molecule has 0 bridgehead atoms. The second kappa shape index (κ2) is 3.00. The van der Waals surface area contributed by atoms with Crippen LogP contribution in [0.3, 0.4) is 0 Å². The van der Waals surface area contributed by atoms with Crippen LogP contribution in [0.1, 0.15) is 0 Å². The van der Waals surface area contributed by atoms with Gasteiger partial charge in [0, 0.05) is 0 Å². The van der Waals surface area contributed by atoms with Crippen LogP contribution in [0.4, 0.5) is 0 Å². The van der Waals surface area contributed by atoms with Crippen LogP contribution < -0.4 is 4.90 Å². The van der Waals surface area contributed by atoms with Crippen molar-refractivity contribution >= 4 is 11.8 Å². The Bertz CT molecular complexity index is 188. The van der Waals surface area contributed by atoms with E-state index in [2.05, 4.69) is 4.74 Å². The number of hydrogen-bond donors (Lipinski definition) is 1. The summed E-state index contributed by atoms with van der Waals surface area (Å²) in [5.74, 6) is -1.25. The van der Waals surface area contributed by atoms with Crippen molar-refractivity contribution in [2.45, 2.75) is 0 Å². The lowest BCUT2D eigenvalue weighted by atomic mass is 10.1. The Morgan fingerprint density at radius 1 is 1.55 bits per heavy atom. The Labute approximate surface area is 65.1 Å². The summed E-state index contributed by atoms with van der Waals surface area (Å²) in [4.78, 5) is 22.7. The summed E-state index contributed by atoms with van der Waals surface area (Å²) in [5.41, 5.74) is 0. The van der Waals surface area contributed by atoms with E-state index >= 15 is 0 Å². The average molecular weight is 158 g/mol. The van der Waals surface area contributed by atoms with Crippen molar-refractivity contribution in [2.24, 2.45) is 5.92 Å². The zero-order valence-electron chi connectivity index (χ0n) is 6.72. The highest BCUT2D eigenvalue weighted by molar-refractivity contribution is 6.36. The van der Waals surface area contributed by atoms with Crippen LogP contribution in [-0.4, -0.2) is 39.0 Å². The third-order valence-corrected chi connectivity index (χ3v) is 1.64. The van der Waals surface area contributed by atoms with Crippen molar-refractivity contribution in [1.29, 1.82) is 0 Å². The number of nitrogens with one attached hydrogen (secondary N) is 1. The van der Waals surface area contributed by atoms with Gasteiger partial charge in [-0.15, -0.1) is 0 Å². The largest absolute Gasteiger partial charge is 0.459 e. The molecule has 0 unspecified atom stereocenters. The molecule has 1 saturated heterocycles. The molecule has 1 aliphatic rings. The fraction of sp³-hybridized carbons (Fsp3) is 0.714. The number of cyclic esters (lactones) is 1. The Morgan fingerprint density at radius 2 is 2.18 bits per heavy atom. The first-order valence-electron chi connectivity index (χ1n) is 3.61. The van der Waals surface area contributed by atoms with Crippen LogP contribution in [0.5, 0.6) is 0 Å². The highest BCUT2D eigenvalue weighted by Gasteiger charge is 2.36.